The molecule has 0 aromatic heterocycles. The van der Waals surface area contributed by atoms with Crippen molar-refractivity contribution >= 4 is 19.8 Å². The molecule has 0 unspecified atom stereocenters. The molecule has 56 valence electrons. The van der Waals surface area contributed by atoms with Gasteiger partial charge in [-0.3, -0.25) is 0 Å². The minimum Gasteiger partial charge on any atom is -0.515 e. The maximum atomic E-state index is 12.5. The van der Waals surface area contributed by atoms with Crippen molar-refractivity contribution in [1.29, 1.82) is 0 Å². The molecule has 0 spiro atoms. The smallest absolute Gasteiger partial charge is 0.178 e. The zero-order valence-corrected chi connectivity index (χ0v) is 6.21. The minimum atomic E-state index is -0.213. The lowest BCUT2D eigenvalue weighted by Gasteiger charge is -1.86. The summed E-state index contributed by atoms with van der Waals surface area (Å²) in [6, 6.07) is 6.55. The Hall–Kier alpha value is -1.25. The summed E-state index contributed by atoms with van der Waals surface area (Å²) < 4.78 is 12.5. The van der Waals surface area contributed by atoms with Crippen molar-refractivity contribution in [3.8, 4) is 0 Å². The second-order valence-corrected chi connectivity index (χ2v) is 2.28. The molecule has 0 saturated heterocycles. The van der Waals surface area contributed by atoms with Crippen LogP contribution in [-0.2, 0) is 0 Å². The third kappa shape index (κ3) is 1.83. The van der Waals surface area contributed by atoms with E-state index in [1.165, 1.54) is 7.85 Å². The minimum absolute atomic E-state index is 0.213. The van der Waals surface area contributed by atoms with Gasteiger partial charge in [-0.15, -0.1) is 0 Å². The third-order valence-electron chi connectivity index (χ3n) is 1.46. The van der Waals surface area contributed by atoms with Crippen molar-refractivity contribution in [1.82, 2.24) is 0 Å². The Morgan fingerprint density at radius 2 is 1.91 bits per heavy atom. The molecule has 1 N–H and O–H groups in total. The van der Waals surface area contributed by atoms with Gasteiger partial charge in [0.25, 0.3) is 0 Å². The van der Waals surface area contributed by atoms with Crippen LogP contribution in [0.15, 0.2) is 24.3 Å². The van der Waals surface area contributed by atoms with Crippen molar-refractivity contribution in [3.63, 3.8) is 0 Å². The summed E-state index contributed by atoms with van der Waals surface area (Å²) in [6.07, 6.45) is 0.983. The Bertz CT molecular complexity index is 331. The van der Waals surface area contributed by atoms with Gasteiger partial charge in [0, 0.05) is 5.22 Å². The molecule has 1 aromatic rings. The summed E-state index contributed by atoms with van der Waals surface area (Å²) in [7, 11) is 1.40. The molecule has 1 nitrogen and oxygen atoms in total. The normalized spacial score (nSPS) is 9.18. The number of hydrogen-bond acceptors (Lipinski definition) is 1. The average molecular weight is 150 g/mol. The predicted molar refractivity (Wildman–Crippen MR) is 45.8 cm³/mol. The van der Waals surface area contributed by atoms with Crippen LogP contribution < -0.4 is 10.4 Å². The molecule has 1 rings (SSSR count). The van der Waals surface area contributed by atoms with Crippen molar-refractivity contribution in [2.75, 3.05) is 0 Å². The molecule has 0 aliphatic rings. The fraction of sp³-hybridized carbons (Fsp3) is 0. The summed E-state index contributed by atoms with van der Waals surface area (Å²) >= 11 is 0. The zero-order valence-electron chi connectivity index (χ0n) is 6.21. The van der Waals surface area contributed by atoms with Crippen molar-refractivity contribution < 1.29 is 9.50 Å². The number of rotatable bonds is 0. The highest BCUT2D eigenvalue weighted by Gasteiger charge is 1.84. The van der Waals surface area contributed by atoms with E-state index >= 15 is 0 Å². The summed E-state index contributed by atoms with van der Waals surface area (Å²) in [5.41, 5.74) is -0.213. The molecular weight excluding hydrogens is 142 g/mol. The summed E-state index contributed by atoms with van der Waals surface area (Å²) in [4.78, 5) is 0. The number of hydrogen-bond donors (Lipinski definition) is 1. The van der Waals surface area contributed by atoms with E-state index in [0.717, 1.165) is 6.26 Å². The Morgan fingerprint density at radius 1 is 1.36 bits per heavy atom. The van der Waals surface area contributed by atoms with Crippen LogP contribution in [0.3, 0.4) is 0 Å². The monoisotopic (exact) mass is 150 g/mol. The molecule has 11 heavy (non-hydrogen) atoms. The van der Waals surface area contributed by atoms with E-state index in [9.17, 15) is 4.39 Å². The van der Waals surface area contributed by atoms with E-state index in [-0.39, 0.29) is 5.73 Å². The first kappa shape index (κ1) is 7.86. The molecule has 0 heterocycles. The summed E-state index contributed by atoms with van der Waals surface area (Å²) in [6.45, 7) is 0. The van der Waals surface area contributed by atoms with Gasteiger partial charge >= 0.3 is 0 Å². The van der Waals surface area contributed by atoms with E-state index < -0.39 is 0 Å². The van der Waals surface area contributed by atoms with Crippen molar-refractivity contribution in [2.45, 2.75) is 0 Å². The largest absolute Gasteiger partial charge is 0.515 e. The highest BCUT2D eigenvalue weighted by Crippen LogP contribution is 1.82. The van der Waals surface area contributed by atoms with Crippen LogP contribution in [-0.4, -0.2) is 13.0 Å². The lowest BCUT2D eigenvalue weighted by Crippen LogP contribution is -2.08. The third-order valence-corrected chi connectivity index (χ3v) is 1.46. The first-order valence-electron chi connectivity index (χ1n) is 3.31. The summed E-state index contributed by atoms with van der Waals surface area (Å²) in [5, 5.41) is 9.77. The maximum Gasteiger partial charge on any atom is 0.178 e. The SMILES string of the molecule is BC(F)=c1ccc(=CO)cc1. The van der Waals surface area contributed by atoms with E-state index in [4.69, 9.17) is 5.11 Å². The Balaban J connectivity index is 3.34. The fourth-order valence-electron chi connectivity index (χ4n) is 0.799. The Morgan fingerprint density at radius 3 is 2.27 bits per heavy atom. The van der Waals surface area contributed by atoms with E-state index in [1.807, 2.05) is 0 Å². The molecule has 0 aliphatic heterocycles. The highest BCUT2D eigenvalue weighted by atomic mass is 19.1. The lowest BCUT2D eigenvalue weighted by molar-refractivity contribution is 0.540. The Labute approximate surface area is 64.9 Å². The predicted octanol–water partition coefficient (Wildman–Crippen LogP) is -0.349. The zero-order chi connectivity index (χ0) is 8.27. The fourth-order valence-corrected chi connectivity index (χ4v) is 0.799. The van der Waals surface area contributed by atoms with Crippen LogP contribution in [0.1, 0.15) is 0 Å². The number of halogens is 1. The van der Waals surface area contributed by atoms with Gasteiger partial charge in [-0.1, -0.05) is 24.3 Å². The molecule has 0 saturated carbocycles. The van der Waals surface area contributed by atoms with Gasteiger partial charge in [-0.25, -0.2) is 4.39 Å². The molecule has 0 aliphatic carbocycles. The average Bonchev–Trinajstić information content (AvgIpc) is 2.05. The molecule has 0 atom stereocenters. The second-order valence-electron chi connectivity index (χ2n) is 2.28. The van der Waals surface area contributed by atoms with Gasteiger partial charge in [0.1, 0.15) is 0 Å². The standard InChI is InChI=1S/C8H8BFO/c9-8(10)7-3-1-6(5-11)2-4-7/h1-5,11H,9H2. The first-order chi connectivity index (χ1) is 5.24. The quantitative estimate of drug-likeness (QED) is 0.501. The van der Waals surface area contributed by atoms with E-state index in [2.05, 4.69) is 0 Å². The van der Waals surface area contributed by atoms with Crippen LogP contribution >= 0.6 is 0 Å². The van der Waals surface area contributed by atoms with Crippen molar-refractivity contribution in [3.05, 3.63) is 34.7 Å². The molecule has 0 bridgehead atoms. The van der Waals surface area contributed by atoms with Crippen LogP contribution in [0.25, 0.3) is 12.0 Å². The molecule has 0 radical (unpaired) electrons. The molecule has 1 aromatic carbocycles. The lowest BCUT2D eigenvalue weighted by atomic mass is 10.1. The first-order valence-corrected chi connectivity index (χ1v) is 3.31. The number of benzene rings is 1. The van der Waals surface area contributed by atoms with Gasteiger partial charge < -0.3 is 5.11 Å². The number of aliphatic hydroxyl groups is 1. The van der Waals surface area contributed by atoms with E-state index in [1.54, 1.807) is 24.3 Å². The van der Waals surface area contributed by atoms with Crippen LogP contribution in [0.4, 0.5) is 4.39 Å². The van der Waals surface area contributed by atoms with Gasteiger partial charge in [0.15, 0.2) is 7.85 Å². The van der Waals surface area contributed by atoms with Crippen molar-refractivity contribution in [2.24, 2.45) is 0 Å². The topological polar surface area (TPSA) is 20.2 Å². The van der Waals surface area contributed by atoms with Gasteiger partial charge in [-0.2, -0.15) is 0 Å². The van der Waals surface area contributed by atoms with Crippen LogP contribution in [0.5, 0.6) is 0 Å². The number of aliphatic hydroxyl groups excluding tert-OH is 1. The molecule has 3 heteroatoms. The van der Waals surface area contributed by atoms with Crippen LogP contribution in [0, 0.1) is 0 Å². The molecule has 0 fully saturated rings. The van der Waals surface area contributed by atoms with E-state index in [0.29, 0.717) is 10.4 Å². The second kappa shape index (κ2) is 3.24. The molecule has 0 amide bonds. The van der Waals surface area contributed by atoms with Gasteiger partial charge in [0.2, 0.25) is 0 Å². The Kier molecular flexibility index (Phi) is 2.31. The van der Waals surface area contributed by atoms with Gasteiger partial charge in [-0.05, 0) is 5.22 Å². The maximum absolute atomic E-state index is 12.5. The highest BCUT2D eigenvalue weighted by molar-refractivity contribution is 6.35. The van der Waals surface area contributed by atoms with Gasteiger partial charge in [0.05, 0.1) is 12.0 Å². The molecular formula is C8H8BFO. The van der Waals surface area contributed by atoms with Crippen LogP contribution in [0.2, 0.25) is 0 Å². The summed E-state index contributed by atoms with van der Waals surface area (Å²) in [5.74, 6) is 0.